The van der Waals surface area contributed by atoms with Crippen LogP contribution in [0.3, 0.4) is 0 Å². The van der Waals surface area contributed by atoms with Gasteiger partial charge in [-0.15, -0.1) is 12.4 Å². The van der Waals surface area contributed by atoms with Gasteiger partial charge in [0.05, 0.1) is 13.2 Å². The SMILES string of the molecule is CCC(N)(CC)CNC(=O)COCCOC.Cl. The number of rotatable bonds is 9. The third-order valence-electron chi connectivity index (χ3n) is 2.71. The Labute approximate surface area is 110 Å². The molecule has 6 heteroatoms. The lowest BCUT2D eigenvalue weighted by molar-refractivity contribution is -0.126. The van der Waals surface area contributed by atoms with Gasteiger partial charge in [-0.2, -0.15) is 0 Å². The number of nitrogens with two attached hydrogens (primary N) is 1. The summed E-state index contributed by atoms with van der Waals surface area (Å²) in [6.45, 7) is 5.52. The van der Waals surface area contributed by atoms with Gasteiger partial charge in [0.15, 0.2) is 0 Å². The van der Waals surface area contributed by atoms with Crippen LogP contribution in [-0.2, 0) is 14.3 Å². The van der Waals surface area contributed by atoms with Crippen LogP contribution < -0.4 is 11.1 Å². The minimum Gasteiger partial charge on any atom is -0.382 e. The molecular weight excluding hydrogens is 244 g/mol. The van der Waals surface area contributed by atoms with Gasteiger partial charge in [-0.1, -0.05) is 13.8 Å². The van der Waals surface area contributed by atoms with Crippen molar-refractivity contribution in [1.82, 2.24) is 5.32 Å². The largest absolute Gasteiger partial charge is 0.382 e. The molecule has 1 amide bonds. The lowest BCUT2D eigenvalue weighted by Gasteiger charge is -2.26. The summed E-state index contributed by atoms with van der Waals surface area (Å²) in [4.78, 5) is 11.4. The molecule has 0 bridgehead atoms. The molecule has 0 aliphatic heterocycles. The fourth-order valence-corrected chi connectivity index (χ4v) is 1.13. The van der Waals surface area contributed by atoms with Crippen LogP contribution in [0.5, 0.6) is 0 Å². The molecule has 17 heavy (non-hydrogen) atoms. The van der Waals surface area contributed by atoms with Crippen LogP contribution in [0.25, 0.3) is 0 Å². The molecule has 0 radical (unpaired) electrons. The highest BCUT2D eigenvalue weighted by molar-refractivity contribution is 5.85. The first-order valence-corrected chi connectivity index (χ1v) is 5.70. The summed E-state index contributed by atoms with van der Waals surface area (Å²) < 4.78 is 9.89. The molecule has 0 aliphatic rings. The van der Waals surface area contributed by atoms with Crippen molar-refractivity contribution < 1.29 is 14.3 Å². The van der Waals surface area contributed by atoms with E-state index in [9.17, 15) is 4.79 Å². The molecule has 0 saturated carbocycles. The number of hydrogen-bond acceptors (Lipinski definition) is 4. The zero-order valence-corrected chi connectivity index (χ0v) is 11.8. The Kier molecular flexibility index (Phi) is 12.0. The summed E-state index contributed by atoms with van der Waals surface area (Å²) in [5.41, 5.74) is 5.74. The smallest absolute Gasteiger partial charge is 0.246 e. The molecule has 0 rings (SSSR count). The van der Waals surface area contributed by atoms with Crippen molar-refractivity contribution in [2.45, 2.75) is 32.2 Å². The van der Waals surface area contributed by atoms with Crippen molar-refractivity contribution in [1.29, 1.82) is 0 Å². The fraction of sp³-hybridized carbons (Fsp3) is 0.909. The highest BCUT2D eigenvalue weighted by atomic mass is 35.5. The zero-order chi connectivity index (χ0) is 12.4. The average molecular weight is 269 g/mol. The van der Waals surface area contributed by atoms with Gasteiger partial charge < -0.3 is 20.5 Å². The monoisotopic (exact) mass is 268 g/mol. The summed E-state index contributed by atoms with van der Waals surface area (Å²) in [6.07, 6.45) is 1.68. The van der Waals surface area contributed by atoms with Crippen molar-refractivity contribution in [2.24, 2.45) is 5.73 Å². The Morgan fingerprint density at radius 2 is 1.88 bits per heavy atom. The summed E-state index contributed by atoms with van der Waals surface area (Å²) in [6, 6.07) is 0. The van der Waals surface area contributed by atoms with E-state index >= 15 is 0 Å². The molecule has 0 heterocycles. The Morgan fingerprint density at radius 1 is 1.29 bits per heavy atom. The van der Waals surface area contributed by atoms with Crippen LogP contribution in [0.15, 0.2) is 0 Å². The third-order valence-corrected chi connectivity index (χ3v) is 2.71. The van der Waals surface area contributed by atoms with Crippen molar-refractivity contribution in [3.63, 3.8) is 0 Å². The van der Waals surface area contributed by atoms with E-state index in [1.165, 1.54) is 0 Å². The number of ether oxygens (including phenoxy) is 2. The van der Waals surface area contributed by atoms with E-state index in [1.807, 2.05) is 13.8 Å². The Bertz CT molecular complexity index is 199. The first-order chi connectivity index (χ1) is 7.58. The predicted octanol–water partition coefficient (Wildman–Crippen LogP) is 0.705. The van der Waals surface area contributed by atoms with Crippen LogP contribution in [-0.4, -0.2) is 44.9 Å². The second kappa shape index (κ2) is 10.8. The maximum Gasteiger partial charge on any atom is 0.246 e. The van der Waals surface area contributed by atoms with Gasteiger partial charge in [0.2, 0.25) is 5.91 Å². The van der Waals surface area contributed by atoms with Gasteiger partial charge in [0.25, 0.3) is 0 Å². The van der Waals surface area contributed by atoms with E-state index in [1.54, 1.807) is 7.11 Å². The van der Waals surface area contributed by atoms with Crippen LogP contribution in [0.4, 0.5) is 0 Å². The molecule has 5 nitrogen and oxygen atoms in total. The highest BCUT2D eigenvalue weighted by Crippen LogP contribution is 2.08. The van der Waals surface area contributed by atoms with Gasteiger partial charge in [0, 0.05) is 19.2 Å². The number of amides is 1. The minimum atomic E-state index is -0.303. The second-order valence-corrected chi connectivity index (χ2v) is 3.89. The van der Waals surface area contributed by atoms with E-state index in [0.29, 0.717) is 19.8 Å². The predicted molar refractivity (Wildman–Crippen MR) is 70.5 cm³/mol. The molecule has 3 N–H and O–H groups in total. The van der Waals surface area contributed by atoms with Gasteiger partial charge >= 0.3 is 0 Å². The number of carbonyl (C=O) groups excluding carboxylic acids is 1. The molecule has 0 spiro atoms. The Balaban J connectivity index is 0. The third kappa shape index (κ3) is 9.35. The number of methoxy groups -OCH3 is 1. The lowest BCUT2D eigenvalue weighted by atomic mass is 9.94. The van der Waals surface area contributed by atoms with Crippen LogP contribution in [0, 0.1) is 0 Å². The van der Waals surface area contributed by atoms with Gasteiger partial charge in [0.1, 0.15) is 6.61 Å². The maximum absolute atomic E-state index is 11.4. The van der Waals surface area contributed by atoms with Gasteiger partial charge in [-0.3, -0.25) is 4.79 Å². The first kappa shape index (κ1) is 19.0. The molecule has 0 saturated heterocycles. The molecule has 0 aromatic rings. The molecule has 0 unspecified atom stereocenters. The molecule has 0 atom stereocenters. The van der Waals surface area contributed by atoms with Crippen molar-refractivity contribution >= 4 is 18.3 Å². The molecule has 0 aromatic carbocycles. The number of nitrogens with one attached hydrogen (secondary N) is 1. The van der Waals surface area contributed by atoms with Crippen molar-refractivity contribution in [3.8, 4) is 0 Å². The quantitative estimate of drug-likeness (QED) is 0.604. The van der Waals surface area contributed by atoms with E-state index in [0.717, 1.165) is 12.8 Å². The van der Waals surface area contributed by atoms with E-state index in [2.05, 4.69) is 5.32 Å². The number of hydrogen-bond donors (Lipinski definition) is 2. The van der Waals surface area contributed by atoms with Crippen LogP contribution in [0.2, 0.25) is 0 Å². The summed E-state index contributed by atoms with van der Waals surface area (Å²) in [5, 5.41) is 2.77. The molecule has 0 aromatic heterocycles. The Hall–Kier alpha value is -0.360. The second-order valence-electron chi connectivity index (χ2n) is 3.89. The van der Waals surface area contributed by atoms with E-state index in [4.69, 9.17) is 15.2 Å². The standard InChI is InChI=1S/C11H24N2O3.ClH/c1-4-11(12,5-2)9-13-10(14)8-16-7-6-15-3;/h4-9,12H2,1-3H3,(H,13,14);1H. The van der Waals surface area contributed by atoms with Gasteiger partial charge in [-0.25, -0.2) is 0 Å². The highest BCUT2D eigenvalue weighted by Gasteiger charge is 2.20. The minimum absolute atomic E-state index is 0. The first-order valence-electron chi connectivity index (χ1n) is 5.70. The molecular formula is C11H25ClN2O3. The molecule has 104 valence electrons. The van der Waals surface area contributed by atoms with Crippen molar-refractivity contribution in [3.05, 3.63) is 0 Å². The molecule has 0 fully saturated rings. The van der Waals surface area contributed by atoms with Crippen LogP contribution in [0.1, 0.15) is 26.7 Å². The lowest BCUT2D eigenvalue weighted by Crippen LogP contribution is -2.49. The number of carbonyl (C=O) groups is 1. The molecule has 0 aliphatic carbocycles. The maximum atomic E-state index is 11.4. The number of halogens is 1. The Morgan fingerprint density at radius 3 is 2.35 bits per heavy atom. The average Bonchev–Trinajstić information content (AvgIpc) is 2.31. The topological polar surface area (TPSA) is 73.6 Å². The summed E-state index contributed by atoms with van der Waals surface area (Å²) in [5.74, 6) is -0.132. The van der Waals surface area contributed by atoms with Crippen LogP contribution >= 0.6 is 12.4 Å². The van der Waals surface area contributed by atoms with Gasteiger partial charge in [-0.05, 0) is 12.8 Å². The summed E-state index contributed by atoms with van der Waals surface area (Å²) >= 11 is 0. The van der Waals surface area contributed by atoms with E-state index in [-0.39, 0.29) is 30.5 Å². The summed E-state index contributed by atoms with van der Waals surface area (Å²) in [7, 11) is 1.59. The normalized spacial score (nSPS) is 10.8. The zero-order valence-electron chi connectivity index (χ0n) is 11.0. The van der Waals surface area contributed by atoms with E-state index < -0.39 is 0 Å². The van der Waals surface area contributed by atoms with Crippen molar-refractivity contribution in [2.75, 3.05) is 33.5 Å². The fourth-order valence-electron chi connectivity index (χ4n) is 1.13.